The van der Waals surface area contributed by atoms with Gasteiger partial charge in [0.1, 0.15) is 0 Å². The molecular formula is C12H11F2NOS. The van der Waals surface area contributed by atoms with Crippen LogP contribution in [-0.4, -0.2) is 10.1 Å². The summed E-state index contributed by atoms with van der Waals surface area (Å²) in [6.07, 6.45) is -1.21. The molecule has 1 unspecified atom stereocenters. The predicted molar refractivity (Wildman–Crippen MR) is 62.2 cm³/mol. The van der Waals surface area contributed by atoms with E-state index in [1.54, 1.807) is 17.8 Å². The smallest absolute Gasteiger partial charge is 0.263 e. The highest BCUT2D eigenvalue weighted by Gasteiger charge is 2.13. The minimum absolute atomic E-state index is 0.0640. The first-order valence-electron chi connectivity index (χ1n) is 5.10. The fraction of sp³-hybridized carbons (Fsp3) is 0.250. The highest BCUT2D eigenvalue weighted by Crippen LogP contribution is 2.25. The zero-order valence-corrected chi connectivity index (χ0v) is 9.70. The van der Waals surface area contributed by atoms with Crippen molar-refractivity contribution in [2.75, 3.05) is 0 Å². The Morgan fingerprint density at radius 1 is 1.29 bits per heavy atom. The van der Waals surface area contributed by atoms with Crippen molar-refractivity contribution in [3.05, 3.63) is 52.0 Å². The van der Waals surface area contributed by atoms with Gasteiger partial charge in [0.25, 0.3) is 6.43 Å². The average molecular weight is 255 g/mol. The number of hydrogen-bond acceptors (Lipinski definition) is 3. The zero-order chi connectivity index (χ0) is 12.3. The van der Waals surface area contributed by atoms with Crippen LogP contribution < -0.4 is 0 Å². The highest BCUT2D eigenvalue weighted by atomic mass is 32.1. The van der Waals surface area contributed by atoms with Crippen LogP contribution in [-0.2, 0) is 6.42 Å². The summed E-state index contributed by atoms with van der Waals surface area (Å²) in [5, 5.41) is 9.93. The van der Waals surface area contributed by atoms with E-state index >= 15 is 0 Å². The number of aromatic nitrogens is 1. The van der Waals surface area contributed by atoms with Crippen LogP contribution in [0, 0.1) is 0 Å². The van der Waals surface area contributed by atoms with Gasteiger partial charge in [0.2, 0.25) is 0 Å². The van der Waals surface area contributed by atoms with E-state index in [9.17, 15) is 13.9 Å². The van der Waals surface area contributed by atoms with Crippen LogP contribution in [0.5, 0.6) is 0 Å². The molecule has 5 heteroatoms. The van der Waals surface area contributed by atoms with Crippen molar-refractivity contribution < 1.29 is 13.9 Å². The normalized spacial score (nSPS) is 12.9. The molecule has 1 aromatic carbocycles. The van der Waals surface area contributed by atoms with Crippen LogP contribution in [0.25, 0.3) is 0 Å². The molecular weight excluding hydrogens is 244 g/mol. The molecule has 0 amide bonds. The first-order valence-corrected chi connectivity index (χ1v) is 5.98. The molecule has 17 heavy (non-hydrogen) atoms. The number of benzene rings is 1. The Labute approximate surface area is 102 Å². The van der Waals surface area contributed by atoms with Gasteiger partial charge in [-0.15, -0.1) is 11.3 Å². The topological polar surface area (TPSA) is 33.1 Å². The largest absolute Gasteiger partial charge is 0.388 e. The van der Waals surface area contributed by atoms with Gasteiger partial charge in [0.05, 0.1) is 11.6 Å². The maximum absolute atomic E-state index is 12.5. The molecule has 0 saturated carbocycles. The third-order valence-corrected chi connectivity index (χ3v) is 3.23. The van der Waals surface area contributed by atoms with Crippen molar-refractivity contribution in [3.63, 3.8) is 0 Å². The van der Waals surface area contributed by atoms with Crippen molar-refractivity contribution in [1.82, 2.24) is 4.98 Å². The SMILES string of the molecule is OC(Cc1cncs1)c1cccc(C(F)F)c1. The van der Waals surface area contributed by atoms with E-state index in [0.717, 1.165) is 4.88 Å². The number of halogens is 2. The summed E-state index contributed by atoms with van der Waals surface area (Å²) in [4.78, 5) is 4.83. The second kappa shape index (κ2) is 5.33. The van der Waals surface area contributed by atoms with Crippen LogP contribution in [0.2, 0.25) is 0 Å². The first kappa shape index (κ1) is 12.1. The maximum Gasteiger partial charge on any atom is 0.263 e. The molecule has 1 N–H and O–H groups in total. The molecule has 1 atom stereocenters. The first-order chi connectivity index (χ1) is 8.16. The zero-order valence-electron chi connectivity index (χ0n) is 8.88. The number of aliphatic hydroxyl groups is 1. The molecule has 0 aliphatic rings. The summed E-state index contributed by atoms with van der Waals surface area (Å²) in [6.45, 7) is 0. The second-order valence-electron chi connectivity index (χ2n) is 3.66. The third kappa shape index (κ3) is 3.08. The summed E-state index contributed by atoms with van der Waals surface area (Å²) in [5.41, 5.74) is 2.12. The van der Waals surface area contributed by atoms with E-state index < -0.39 is 12.5 Å². The van der Waals surface area contributed by atoms with Gasteiger partial charge in [-0.1, -0.05) is 18.2 Å². The Bertz CT molecular complexity index is 473. The number of alkyl halides is 2. The summed E-state index contributed by atoms with van der Waals surface area (Å²) in [6, 6.07) is 5.88. The monoisotopic (exact) mass is 255 g/mol. The Hall–Kier alpha value is -1.33. The Kier molecular flexibility index (Phi) is 3.81. The molecule has 1 heterocycles. The molecule has 90 valence electrons. The van der Waals surface area contributed by atoms with Crippen molar-refractivity contribution in [2.24, 2.45) is 0 Å². The van der Waals surface area contributed by atoms with E-state index in [-0.39, 0.29) is 5.56 Å². The number of hydrogen-bond donors (Lipinski definition) is 1. The Balaban J connectivity index is 2.13. The number of rotatable bonds is 4. The van der Waals surface area contributed by atoms with Crippen LogP contribution in [0.1, 0.15) is 28.5 Å². The fourth-order valence-corrected chi connectivity index (χ4v) is 2.19. The van der Waals surface area contributed by atoms with Crippen molar-refractivity contribution in [3.8, 4) is 0 Å². The third-order valence-electron chi connectivity index (χ3n) is 2.43. The molecule has 0 aliphatic heterocycles. The molecule has 2 aromatic rings. The maximum atomic E-state index is 12.5. The molecule has 0 saturated heterocycles. The van der Waals surface area contributed by atoms with E-state index in [0.29, 0.717) is 12.0 Å². The van der Waals surface area contributed by atoms with E-state index in [1.165, 1.54) is 29.5 Å². The van der Waals surface area contributed by atoms with Gasteiger partial charge in [-0.05, 0) is 11.6 Å². The molecule has 0 bridgehead atoms. The summed E-state index contributed by atoms with van der Waals surface area (Å²) in [5.74, 6) is 0. The van der Waals surface area contributed by atoms with E-state index in [4.69, 9.17) is 0 Å². The van der Waals surface area contributed by atoms with Crippen molar-refractivity contribution in [1.29, 1.82) is 0 Å². The van der Waals surface area contributed by atoms with Crippen LogP contribution >= 0.6 is 11.3 Å². The fourth-order valence-electron chi connectivity index (χ4n) is 1.55. The minimum atomic E-state index is -2.51. The minimum Gasteiger partial charge on any atom is -0.388 e. The quantitative estimate of drug-likeness (QED) is 0.908. The van der Waals surface area contributed by atoms with Gasteiger partial charge < -0.3 is 5.11 Å². The lowest BCUT2D eigenvalue weighted by molar-refractivity contribution is 0.150. The summed E-state index contributed by atoms with van der Waals surface area (Å²) < 4.78 is 25.0. The van der Waals surface area contributed by atoms with E-state index in [1.807, 2.05) is 0 Å². The predicted octanol–water partition coefficient (Wildman–Crippen LogP) is 3.36. The van der Waals surface area contributed by atoms with Gasteiger partial charge in [-0.2, -0.15) is 0 Å². The molecule has 1 aromatic heterocycles. The Morgan fingerprint density at radius 3 is 2.71 bits per heavy atom. The summed E-state index contributed by atoms with van der Waals surface area (Å²) in [7, 11) is 0. The van der Waals surface area contributed by atoms with Crippen LogP contribution in [0.15, 0.2) is 36.0 Å². The molecule has 2 nitrogen and oxygen atoms in total. The van der Waals surface area contributed by atoms with Gasteiger partial charge in [0, 0.05) is 23.1 Å². The molecule has 0 aliphatic carbocycles. The van der Waals surface area contributed by atoms with E-state index in [2.05, 4.69) is 4.98 Å². The lowest BCUT2D eigenvalue weighted by Gasteiger charge is -2.11. The Morgan fingerprint density at radius 2 is 2.06 bits per heavy atom. The van der Waals surface area contributed by atoms with Gasteiger partial charge in [-0.25, -0.2) is 8.78 Å². The number of aliphatic hydroxyl groups excluding tert-OH is 1. The molecule has 0 radical (unpaired) electrons. The van der Waals surface area contributed by atoms with Gasteiger partial charge in [0.15, 0.2) is 0 Å². The number of nitrogens with zero attached hydrogens (tertiary/aromatic N) is 1. The summed E-state index contributed by atoms with van der Waals surface area (Å²) >= 11 is 1.44. The number of thiazole rings is 1. The van der Waals surface area contributed by atoms with Crippen LogP contribution in [0.3, 0.4) is 0 Å². The molecule has 0 fully saturated rings. The average Bonchev–Trinajstić information content (AvgIpc) is 2.82. The van der Waals surface area contributed by atoms with Crippen LogP contribution in [0.4, 0.5) is 8.78 Å². The molecule has 0 spiro atoms. The standard InChI is InChI=1S/C12H11F2NOS/c13-12(14)9-3-1-2-8(4-9)11(16)5-10-6-15-7-17-10/h1-4,6-7,11-12,16H,5H2. The molecule has 2 rings (SSSR count). The lowest BCUT2D eigenvalue weighted by Crippen LogP contribution is -2.01. The lowest BCUT2D eigenvalue weighted by atomic mass is 10.0. The van der Waals surface area contributed by atoms with Crippen molar-refractivity contribution >= 4 is 11.3 Å². The van der Waals surface area contributed by atoms with Crippen molar-refractivity contribution in [2.45, 2.75) is 19.0 Å². The van der Waals surface area contributed by atoms with Gasteiger partial charge >= 0.3 is 0 Å². The highest BCUT2D eigenvalue weighted by molar-refractivity contribution is 7.09. The second-order valence-corrected chi connectivity index (χ2v) is 4.63. The van der Waals surface area contributed by atoms with Gasteiger partial charge in [-0.3, -0.25) is 4.98 Å².